The number of halogens is 4. The fourth-order valence-corrected chi connectivity index (χ4v) is 3.48. The van der Waals surface area contributed by atoms with Gasteiger partial charge in [0.15, 0.2) is 0 Å². The molecular formula is C21H20F4N2O3. The molecule has 0 unspecified atom stereocenters. The number of amides is 2. The molecule has 160 valence electrons. The van der Waals surface area contributed by atoms with Gasteiger partial charge >= 0.3 is 18.0 Å². The maximum absolute atomic E-state index is 13.3. The lowest BCUT2D eigenvalue weighted by atomic mass is 9.74. The molecule has 0 spiro atoms. The quantitative estimate of drug-likeness (QED) is 0.582. The molecule has 0 atom stereocenters. The summed E-state index contributed by atoms with van der Waals surface area (Å²) in [5.74, 6) is -2.65. The van der Waals surface area contributed by atoms with Gasteiger partial charge in [0.05, 0.1) is 11.3 Å². The van der Waals surface area contributed by atoms with E-state index in [-0.39, 0.29) is 6.54 Å². The van der Waals surface area contributed by atoms with Crippen LogP contribution in [-0.2, 0) is 25.9 Å². The third kappa shape index (κ3) is 4.96. The molecule has 2 N–H and O–H groups in total. The van der Waals surface area contributed by atoms with Gasteiger partial charge in [-0.05, 0) is 42.7 Å². The summed E-state index contributed by atoms with van der Waals surface area (Å²) in [4.78, 5) is 24.5. The van der Waals surface area contributed by atoms with Crippen LogP contribution in [0.5, 0.6) is 0 Å². The van der Waals surface area contributed by atoms with Crippen molar-refractivity contribution in [2.24, 2.45) is 0 Å². The SMILES string of the molecule is O=C(NCC1(c2ccc(F)cc2)CCOCC1)C(=O)Nc1ccccc1C(F)(F)F. The number of nitrogens with one attached hydrogen (secondary N) is 2. The lowest BCUT2D eigenvalue weighted by Crippen LogP contribution is -2.47. The number of carbonyl (C=O) groups excluding carboxylic acids is 2. The van der Waals surface area contributed by atoms with Crippen LogP contribution in [0, 0.1) is 5.82 Å². The fourth-order valence-electron chi connectivity index (χ4n) is 3.48. The minimum atomic E-state index is -4.67. The molecule has 1 aliphatic rings. The van der Waals surface area contributed by atoms with Gasteiger partial charge in [-0.15, -0.1) is 0 Å². The molecule has 30 heavy (non-hydrogen) atoms. The first-order valence-corrected chi connectivity index (χ1v) is 9.30. The topological polar surface area (TPSA) is 67.4 Å². The second kappa shape index (κ2) is 8.83. The van der Waals surface area contributed by atoms with E-state index in [1.165, 1.54) is 24.3 Å². The molecule has 1 fully saturated rings. The van der Waals surface area contributed by atoms with Gasteiger partial charge in [0.25, 0.3) is 0 Å². The second-order valence-corrected chi connectivity index (χ2v) is 7.08. The number of rotatable bonds is 4. The zero-order valence-electron chi connectivity index (χ0n) is 15.9. The van der Waals surface area contributed by atoms with Crippen molar-refractivity contribution in [2.45, 2.75) is 24.4 Å². The molecule has 1 heterocycles. The second-order valence-electron chi connectivity index (χ2n) is 7.08. The molecule has 0 radical (unpaired) electrons. The Hall–Kier alpha value is -2.94. The summed E-state index contributed by atoms with van der Waals surface area (Å²) in [6.07, 6.45) is -3.59. The average Bonchev–Trinajstić information content (AvgIpc) is 2.72. The number of carbonyl (C=O) groups is 2. The summed E-state index contributed by atoms with van der Waals surface area (Å²) in [6, 6.07) is 10.3. The molecule has 0 bridgehead atoms. The number of alkyl halides is 3. The van der Waals surface area contributed by atoms with Crippen molar-refractivity contribution in [1.29, 1.82) is 0 Å². The van der Waals surface area contributed by atoms with Crippen LogP contribution >= 0.6 is 0 Å². The van der Waals surface area contributed by atoms with E-state index < -0.39 is 40.5 Å². The predicted molar refractivity (Wildman–Crippen MR) is 101 cm³/mol. The van der Waals surface area contributed by atoms with Crippen molar-refractivity contribution in [2.75, 3.05) is 25.1 Å². The van der Waals surface area contributed by atoms with Crippen LogP contribution in [0.4, 0.5) is 23.2 Å². The van der Waals surface area contributed by atoms with Crippen molar-refractivity contribution < 1.29 is 31.9 Å². The molecule has 2 amide bonds. The maximum atomic E-state index is 13.3. The Labute approximate surface area is 170 Å². The lowest BCUT2D eigenvalue weighted by Gasteiger charge is -2.37. The summed E-state index contributed by atoms with van der Waals surface area (Å²) in [5, 5.41) is 4.52. The van der Waals surface area contributed by atoms with E-state index in [1.54, 1.807) is 12.1 Å². The fraction of sp³-hybridized carbons (Fsp3) is 0.333. The highest BCUT2D eigenvalue weighted by Gasteiger charge is 2.36. The van der Waals surface area contributed by atoms with Crippen LogP contribution < -0.4 is 10.6 Å². The highest BCUT2D eigenvalue weighted by Crippen LogP contribution is 2.35. The monoisotopic (exact) mass is 424 g/mol. The van der Waals surface area contributed by atoms with E-state index in [9.17, 15) is 27.2 Å². The minimum Gasteiger partial charge on any atom is -0.381 e. The molecule has 5 nitrogen and oxygen atoms in total. The Kier molecular flexibility index (Phi) is 6.40. The number of benzene rings is 2. The Balaban J connectivity index is 1.70. The van der Waals surface area contributed by atoms with Gasteiger partial charge < -0.3 is 15.4 Å². The molecule has 0 saturated carbocycles. The van der Waals surface area contributed by atoms with Crippen molar-refractivity contribution >= 4 is 17.5 Å². The number of hydrogen-bond donors (Lipinski definition) is 2. The van der Waals surface area contributed by atoms with Crippen LogP contribution in [0.2, 0.25) is 0 Å². The van der Waals surface area contributed by atoms with Crippen molar-refractivity contribution in [3.8, 4) is 0 Å². The van der Waals surface area contributed by atoms with Gasteiger partial charge in [0, 0.05) is 25.2 Å². The van der Waals surface area contributed by atoms with Gasteiger partial charge in [-0.25, -0.2) is 4.39 Å². The Morgan fingerprint density at radius 2 is 1.60 bits per heavy atom. The third-order valence-electron chi connectivity index (χ3n) is 5.18. The number of anilines is 1. The Bertz CT molecular complexity index is 907. The molecule has 2 aromatic rings. The summed E-state index contributed by atoms with van der Waals surface area (Å²) in [6.45, 7) is 0.923. The molecule has 0 aromatic heterocycles. The first kappa shape index (κ1) is 21.8. The number of hydrogen-bond acceptors (Lipinski definition) is 3. The van der Waals surface area contributed by atoms with Gasteiger partial charge in [0.1, 0.15) is 5.82 Å². The smallest absolute Gasteiger partial charge is 0.381 e. The van der Waals surface area contributed by atoms with E-state index in [4.69, 9.17) is 4.74 Å². The summed E-state index contributed by atoms with van der Waals surface area (Å²) < 4.78 is 57.9. The summed E-state index contributed by atoms with van der Waals surface area (Å²) >= 11 is 0. The largest absolute Gasteiger partial charge is 0.418 e. The summed E-state index contributed by atoms with van der Waals surface area (Å²) in [7, 11) is 0. The molecule has 1 saturated heterocycles. The van der Waals surface area contributed by atoms with Gasteiger partial charge in [-0.1, -0.05) is 24.3 Å². The molecule has 0 aliphatic carbocycles. The summed E-state index contributed by atoms with van der Waals surface area (Å²) in [5.41, 5.74) is -1.32. The molecular weight excluding hydrogens is 404 g/mol. The molecule has 9 heteroatoms. The van der Waals surface area contributed by atoms with Crippen LogP contribution in [0.1, 0.15) is 24.0 Å². The standard InChI is InChI=1S/C21H20F4N2O3/c22-15-7-5-14(6-8-15)20(9-11-30-12-10-20)13-26-18(28)19(29)27-17-4-2-1-3-16(17)21(23,24)25/h1-8H,9-13H2,(H,26,28)(H,27,29). The van der Waals surface area contributed by atoms with Crippen molar-refractivity contribution in [3.05, 3.63) is 65.5 Å². The first-order valence-electron chi connectivity index (χ1n) is 9.30. The highest BCUT2D eigenvalue weighted by molar-refractivity contribution is 6.39. The lowest BCUT2D eigenvalue weighted by molar-refractivity contribution is -0.138. The zero-order valence-corrected chi connectivity index (χ0v) is 15.9. The van der Waals surface area contributed by atoms with Gasteiger partial charge in [-0.3, -0.25) is 9.59 Å². The van der Waals surface area contributed by atoms with Crippen molar-refractivity contribution in [1.82, 2.24) is 5.32 Å². The van der Waals surface area contributed by atoms with E-state index in [0.717, 1.165) is 17.7 Å². The van der Waals surface area contributed by atoms with Crippen LogP contribution in [0.25, 0.3) is 0 Å². The van der Waals surface area contributed by atoms with E-state index >= 15 is 0 Å². The molecule has 3 rings (SSSR count). The van der Waals surface area contributed by atoms with Gasteiger partial charge in [-0.2, -0.15) is 13.2 Å². The van der Waals surface area contributed by atoms with Crippen LogP contribution in [0.15, 0.2) is 48.5 Å². The van der Waals surface area contributed by atoms with Crippen molar-refractivity contribution in [3.63, 3.8) is 0 Å². The van der Waals surface area contributed by atoms with E-state index in [1.807, 2.05) is 5.32 Å². The molecule has 1 aliphatic heterocycles. The predicted octanol–water partition coefficient (Wildman–Crippen LogP) is 3.65. The van der Waals surface area contributed by atoms with Crippen LogP contribution in [-0.4, -0.2) is 31.6 Å². The normalized spacial score (nSPS) is 16.0. The number of ether oxygens (including phenoxy) is 1. The zero-order chi connectivity index (χ0) is 21.8. The number of para-hydroxylation sites is 1. The van der Waals surface area contributed by atoms with Gasteiger partial charge in [0.2, 0.25) is 0 Å². The molecule has 2 aromatic carbocycles. The highest BCUT2D eigenvalue weighted by atomic mass is 19.4. The average molecular weight is 424 g/mol. The third-order valence-corrected chi connectivity index (χ3v) is 5.18. The Morgan fingerprint density at radius 3 is 2.23 bits per heavy atom. The van der Waals surface area contributed by atoms with E-state index in [0.29, 0.717) is 26.1 Å². The maximum Gasteiger partial charge on any atom is 0.418 e. The first-order chi connectivity index (χ1) is 14.2. The van der Waals surface area contributed by atoms with Crippen LogP contribution in [0.3, 0.4) is 0 Å². The van der Waals surface area contributed by atoms with E-state index in [2.05, 4.69) is 5.32 Å². The Morgan fingerprint density at radius 1 is 0.967 bits per heavy atom. The minimum absolute atomic E-state index is 0.0646.